The van der Waals surface area contributed by atoms with E-state index in [0.29, 0.717) is 6.20 Å². The van der Waals surface area contributed by atoms with Gasteiger partial charge in [0, 0.05) is 18.8 Å². The molecule has 1 amide bonds. The van der Waals surface area contributed by atoms with Crippen molar-refractivity contribution in [2.45, 2.75) is 45.0 Å². The number of aliphatic carboxylic acids is 1. The summed E-state index contributed by atoms with van der Waals surface area (Å²) in [7, 11) is 0. The minimum Gasteiger partial charge on any atom is -0.480 e. The van der Waals surface area contributed by atoms with Crippen molar-refractivity contribution in [3.05, 3.63) is 29.6 Å². The maximum atomic E-state index is 12.6. The van der Waals surface area contributed by atoms with Crippen LogP contribution in [0.25, 0.3) is 0 Å². The van der Waals surface area contributed by atoms with Crippen molar-refractivity contribution in [3.63, 3.8) is 0 Å². The zero-order valence-corrected chi connectivity index (χ0v) is 12.8. The van der Waals surface area contributed by atoms with Crippen LogP contribution in [0.4, 0.5) is 18.0 Å². The van der Waals surface area contributed by atoms with Crippen molar-refractivity contribution in [3.8, 4) is 0 Å². The van der Waals surface area contributed by atoms with Crippen molar-refractivity contribution in [2.75, 3.05) is 0 Å². The van der Waals surface area contributed by atoms with Crippen LogP contribution in [0.3, 0.4) is 0 Å². The molecule has 2 N–H and O–H groups in total. The van der Waals surface area contributed by atoms with E-state index in [2.05, 4.69) is 10.3 Å². The second-order valence-corrected chi connectivity index (χ2v) is 5.82. The van der Waals surface area contributed by atoms with Gasteiger partial charge in [0.1, 0.15) is 11.6 Å². The molecule has 0 aromatic carbocycles. The second kappa shape index (κ2) is 6.84. The lowest BCUT2D eigenvalue weighted by Gasteiger charge is -2.22. The van der Waals surface area contributed by atoms with Gasteiger partial charge < -0.3 is 15.2 Å². The van der Waals surface area contributed by atoms with Crippen LogP contribution in [0, 0.1) is 0 Å². The first-order valence-electron chi connectivity index (χ1n) is 6.62. The Morgan fingerprint density at radius 3 is 2.39 bits per heavy atom. The standard InChI is InChI=1S/C14H17F3N2O4/c1-13(2,3)23-12(22)19-10(11(20)21)5-8-4-9(7-18-6-8)14(15,16)17/h4,6-7,10H,5H2,1-3H3,(H,19,22)(H,20,21)/t10-/m1/s1. The molecule has 0 fully saturated rings. The number of carbonyl (C=O) groups is 2. The predicted molar refractivity (Wildman–Crippen MR) is 73.7 cm³/mol. The number of carbonyl (C=O) groups excluding carboxylic acids is 1. The third kappa shape index (κ3) is 6.54. The van der Waals surface area contributed by atoms with E-state index in [9.17, 15) is 22.8 Å². The summed E-state index contributed by atoms with van der Waals surface area (Å²) in [6.45, 7) is 4.79. The topological polar surface area (TPSA) is 88.5 Å². The molecule has 6 nitrogen and oxygen atoms in total. The van der Waals surface area contributed by atoms with Crippen LogP contribution in [-0.4, -0.2) is 33.8 Å². The van der Waals surface area contributed by atoms with E-state index in [4.69, 9.17) is 9.84 Å². The molecule has 0 bridgehead atoms. The first kappa shape index (κ1) is 18.7. The largest absolute Gasteiger partial charge is 0.480 e. The summed E-state index contributed by atoms with van der Waals surface area (Å²) in [6.07, 6.45) is -4.15. The lowest BCUT2D eigenvalue weighted by Crippen LogP contribution is -2.44. The maximum Gasteiger partial charge on any atom is 0.417 e. The van der Waals surface area contributed by atoms with Crippen molar-refractivity contribution in [1.29, 1.82) is 0 Å². The van der Waals surface area contributed by atoms with Gasteiger partial charge >= 0.3 is 18.2 Å². The van der Waals surface area contributed by atoms with Crippen LogP contribution in [-0.2, 0) is 22.1 Å². The molecular formula is C14H17F3N2O4. The van der Waals surface area contributed by atoms with Gasteiger partial charge in [0.15, 0.2) is 0 Å². The smallest absolute Gasteiger partial charge is 0.417 e. The maximum absolute atomic E-state index is 12.6. The third-order valence-electron chi connectivity index (χ3n) is 2.55. The molecule has 128 valence electrons. The summed E-state index contributed by atoms with van der Waals surface area (Å²) in [5.41, 5.74) is -1.79. The molecule has 1 aromatic heterocycles. The Labute approximate surface area is 130 Å². The number of hydrogen-bond acceptors (Lipinski definition) is 4. The highest BCUT2D eigenvalue weighted by molar-refractivity contribution is 5.80. The zero-order valence-electron chi connectivity index (χ0n) is 12.8. The Morgan fingerprint density at radius 1 is 1.30 bits per heavy atom. The summed E-state index contributed by atoms with van der Waals surface area (Å²) in [5.74, 6) is -1.40. The first-order valence-corrected chi connectivity index (χ1v) is 6.62. The van der Waals surface area contributed by atoms with E-state index in [-0.39, 0.29) is 12.0 Å². The van der Waals surface area contributed by atoms with Crippen molar-refractivity contribution in [1.82, 2.24) is 10.3 Å². The van der Waals surface area contributed by atoms with E-state index in [0.717, 1.165) is 12.3 Å². The molecule has 0 unspecified atom stereocenters. The number of nitrogens with one attached hydrogen (secondary N) is 1. The fraction of sp³-hybridized carbons (Fsp3) is 0.500. The van der Waals surface area contributed by atoms with Gasteiger partial charge in [-0.05, 0) is 32.4 Å². The number of ether oxygens (including phenoxy) is 1. The molecule has 1 rings (SSSR count). The van der Waals surface area contributed by atoms with Gasteiger partial charge in [-0.2, -0.15) is 13.2 Å². The van der Waals surface area contributed by atoms with Gasteiger partial charge in [0.05, 0.1) is 5.56 Å². The number of nitrogens with zero attached hydrogens (tertiary/aromatic N) is 1. The molecule has 1 heterocycles. The number of aromatic nitrogens is 1. The summed E-state index contributed by atoms with van der Waals surface area (Å²) in [6, 6.07) is -0.644. The predicted octanol–water partition coefficient (Wildman–Crippen LogP) is 2.62. The monoisotopic (exact) mass is 334 g/mol. The normalized spacial score (nSPS) is 13.3. The van der Waals surface area contributed by atoms with E-state index in [1.807, 2.05) is 0 Å². The van der Waals surface area contributed by atoms with Crippen LogP contribution < -0.4 is 5.32 Å². The molecule has 0 saturated heterocycles. The minimum absolute atomic E-state index is 0.0308. The summed E-state index contributed by atoms with van der Waals surface area (Å²) in [5, 5.41) is 11.2. The quantitative estimate of drug-likeness (QED) is 0.884. The molecule has 23 heavy (non-hydrogen) atoms. The number of alkyl halides is 3. The van der Waals surface area contributed by atoms with Crippen molar-refractivity contribution < 1.29 is 32.6 Å². The highest BCUT2D eigenvalue weighted by Crippen LogP contribution is 2.29. The van der Waals surface area contributed by atoms with Gasteiger partial charge in [-0.25, -0.2) is 9.59 Å². The Morgan fingerprint density at radius 2 is 1.91 bits per heavy atom. The van der Waals surface area contributed by atoms with Gasteiger partial charge in [0.2, 0.25) is 0 Å². The molecule has 0 aliphatic rings. The Kier molecular flexibility index (Phi) is 5.57. The SMILES string of the molecule is CC(C)(C)OC(=O)N[C@H](Cc1cncc(C(F)(F)F)c1)C(=O)O. The molecular weight excluding hydrogens is 317 g/mol. The highest BCUT2D eigenvalue weighted by atomic mass is 19.4. The number of hydrogen-bond donors (Lipinski definition) is 2. The van der Waals surface area contributed by atoms with Gasteiger partial charge in [-0.15, -0.1) is 0 Å². The van der Waals surface area contributed by atoms with E-state index >= 15 is 0 Å². The fourth-order valence-electron chi connectivity index (χ4n) is 1.64. The molecule has 0 aliphatic heterocycles. The van der Waals surface area contributed by atoms with Crippen molar-refractivity contribution in [2.24, 2.45) is 0 Å². The van der Waals surface area contributed by atoms with Crippen LogP contribution in [0.1, 0.15) is 31.9 Å². The second-order valence-electron chi connectivity index (χ2n) is 5.82. The molecule has 0 saturated carbocycles. The molecule has 9 heteroatoms. The van der Waals surface area contributed by atoms with E-state index in [1.54, 1.807) is 20.8 Å². The fourth-order valence-corrected chi connectivity index (χ4v) is 1.64. The number of carboxylic acids is 1. The first-order chi connectivity index (χ1) is 10.4. The van der Waals surface area contributed by atoms with Gasteiger partial charge in [-0.3, -0.25) is 4.98 Å². The number of alkyl carbamates (subject to hydrolysis) is 1. The lowest BCUT2D eigenvalue weighted by atomic mass is 10.1. The molecule has 0 aliphatic carbocycles. The number of amides is 1. The summed E-state index contributed by atoms with van der Waals surface area (Å²) in [4.78, 5) is 26.2. The van der Waals surface area contributed by atoms with Crippen LogP contribution in [0.5, 0.6) is 0 Å². The number of rotatable bonds is 4. The lowest BCUT2D eigenvalue weighted by molar-refractivity contribution is -0.139. The average molecular weight is 334 g/mol. The molecule has 0 spiro atoms. The number of halogens is 3. The number of carboxylic acid groups (broad SMARTS) is 1. The Balaban J connectivity index is 2.85. The zero-order chi connectivity index (χ0) is 17.8. The Bertz CT molecular complexity index is 582. The Hall–Kier alpha value is -2.32. The third-order valence-corrected chi connectivity index (χ3v) is 2.55. The van der Waals surface area contributed by atoms with Crippen LogP contribution in [0.2, 0.25) is 0 Å². The van der Waals surface area contributed by atoms with Crippen LogP contribution >= 0.6 is 0 Å². The van der Waals surface area contributed by atoms with E-state index in [1.165, 1.54) is 0 Å². The molecule has 1 atom stereocenters. The van der Waals surface area contributed by atoms with Crippen molar-refractivity contribution >= 4 is 12.1 Å². The highest BCUT2D eigenvalue weighted by Gasteiger charge is 2.31. The van der Waals surface area contributed by atoms with Gasteiger partial charge in [-0.1, -0.05) is 0 Å². The molecule has 1 aromatic rings. The molecule has 0 radical (unpaired) electrons. The van der Waals surface area contributed by atoms with Crippen LogP contribution in [0.15, 0.2) is 18.5 Å². The summed E-state index contributed by atoms with van der Waals surface area (Å²) < 4.78 is 42.8. The summed E-state index contributed by atoms with van der Waals surface area (Å²) >= 11 is 0. The average Bonchev–Trinajstić information content (AvgIpc) is 2.35. The number of pyridine rings is 1. The minimum atomic E-state index is -4.58. The van der Waals surface area contributed by atoms with Gasteiger partial charge in [0.25, 0.3) is 0 Å². The van der Waals surface area contributed by atoms with E-state index < -0.39 is 35.4 Å².